The molecule has 1 saturated carbocycles. The Kier molecular flexibility index (Phi) is 4.01. The summed E-state index contributed by atoms with van der Waals surface area (Å²) in [5.74, 6) is -0.468. The van der Waals surface area contributed by atoms with Crippen molar-refractivity contribution in [1.29, 1.82) is 0 Å². The van der Waals surface area contributed by atoms with Crippen molar-refractivity contribution in [2.24, 2.45) is 5.73 Å². The van der Waals surface area contributed by atoms with Gasteiger partial charge >= 0.3 is 0 Å². The first-order chi connectivity index (χ1) is 10.1. The van der Waals surface area contributed by atoms with Crippen molar-refractivity contribution in [1.82, 2.24) is 4.90 Å². The lowest BCUT2D eigenvalue weighted by Crippen LogP contribution is -2.66. The molecule has 2 aliphatic heterocycles. The molecule has 5 nitrogen and oxygen atoms in total. The number of nitrogens with two attached hydrogens (primary N) is 1. The van der Waals surface area contributed by atoms with Gasteiger partial charge in [0, 0.05) is 0 Å². The van der Waals surface area contributed by atoms with Crippen molar-refractivity contribution in [3.8, 4) is 0 Å². The zero-order chi connectivity index (χ0) is 15.0. The number of morpholine rings is 1. The number of rotatable bonds is 2. The number of likely N-dealkylation sites (tertiary alicyclic amines) is 1. The Morgan fingerprint density at radius 3 is 2.00 bits per heavy atom. The summed E-state index contributed by atoms with van der Waals surface area (Å²) in [4.78, 5) is 27.0. The summed E-state index contributed by atoms with van der Waals surface area (Å²) < 4.78 is 5.50. The summed E-state index contributed by atoms with van der Waals surface area (Å²) in [7, 11) is 0. The number of amides is 2. The summed E-state index contributed by atoms with van der Waals surface area (Å²) in [6.07, 6.45) is 6.97. The third-order valence-electron chi connectivity index (χ3n) is 5.08. The van der Waals surface area contributed by atoms with Gasteiger partial charge in [0.25, 0.3) is 11.8 Å². The van der Waals surface area contributed by atoms with Gasteiger partial charge in [-0.15, -0.1) is 0 Å². The lowest BCUT2D eigenvalue weighted by atomic mass is 9.81. The van der Waals surface area contributed by atoms with Gasteiger partial charge in [-0.05, 0) is 25.7 Å². The largest absolute Gasteiger partial charge is 0.391 e. The summed E-state index contributed by atoms with van der Waals surface area (Å²) >= 11 is 5.31. The molecular weight excluding hydrogens is 288 g/mol. The van der Waals surface area contributed by atoms with Gasteiger partial charge in [0.1, 0.15) is 17.7 Å². The van der Waals surface area contributed by atoms with Crippen LogP contribution < -0.4 is 5.73 Å². The van der Waals surface area contributed by atoms with Crippen molar-refractivity contribution >= 4 is 29.0 Å². The van der Waals surface area contributed by atoms with Gasteiger partial charge < -0.3 is 10.5 Å². The Hall–Kier alpha value is -1.01. The van der Waals surface area contributed by atoms with Gasteiger partial charge in [-0.2, -0.15) is 0 Å². The lowest BCUT2D eigenvalue weighted by molar-refractivity contribution is -0.174. The maximum atomic E-state index is 12.7. The Balaban J connectivity index is 1.97. The summed E-state index contributed by atoms with van der Waals surface area (Å²) in [5.41, 5.74) is 5.26. The Morgan fingerprint density at radius 2 is 1.52 bits per heavy atom. The Morgan fingerprint density at radius 1 is 1.05 bits per heavy atom. The van der Waals surface area contributed by atoms with Gasteiger partial charge in [-0.25, -0.2) is 0 Å². The van der Waals surface area contributed by atoms with E-state index in [-0.39, 0.29) is 16.8 Å². The maximum absolute atomic E-state index is 12.7. The van der Waals surface area contributed by atoms with Gasteiger partial charge in [0.15, 0.2) is 0 Å². The molecular formula is C15H22N2O3S. The van der Waals surface area contributed by atoms with Gasteiger partial charge in [-0.3, -0.25) is 14.5 Å². The molecule has 6 heteroatoms. The van der Waals surface area contributed by atoms with Crippen LogP contribution >= 0.6 is 12.2 Å². The molecule has 0 aromatic carbocycles. The molecule has 0 aromatic heterocycles. The molecule has 3 rings (SSSR count). The Labute approximate surface area is 130 Å². The topological polar surface area (TPSA) is 72.6 Å². The minimum atomic E-state index is -0.769. The smallest absolute Gasteiger partial charge is 0.259 e. The molecule has 0 spiro atoms. The van der Waals surface area contributed by atoms with Crippen molar-refractivity contribution in [2.45, 2.75) is 75.5 Å². The fourth-order valence-electron chi connectivity index (χ4n) is 3.89. The normalized spacial score (nSPS) is 32.7. The third kappa shape index (κ3) is 2.38. The van der Waals surface area contributed by atoms with E-state index in [1.807, 2.05) is 0 Å². The summed E-state index contributed by atoms with van der Waals surface area (Å²) in [6, 6.07) is 0. The van der Waals surface area contributed by atoms with Crippen molar-refractivity contribution in [2.75, 3.05) is 0 Å². The molecule has 2 heterocycles. The van der Waals surface area contributed by atoms with E-state index in [1.165, 1.54) is 11.3 Å². The predicted molar refractivity (Wildman–Crippen MR) is 81.6 cm³/mol. The van der Waals surface area contributed by atoms with Crippen LogP contribution in [0.5, 0.6) is 0 Å². The number of thiocarbonyl (C=S) groups is 1. The zero-order valence-electron chi connectivity index (χ0n) is 12.2. The van der Waals surface area contributed by atoms with Crippen molar-refractivity contribution in [3.63, 3.8) is 0 Å². The van der Waals surface area contributed by atoms with E-state index in [1.54, 1.807) is 0 Å². The summed E-state index contributed by atoms with van der Waals surface area (Å²) in [6.45, 7) is 0. The molecule has 3 aliphatic rings. The fourth-order valence-corrected chi connectivity index (χ4v) is 4.18. The second-order valence-corrected chi connectivity index (χ2v) is 6.81. The average Bonchev–Trinajstić information content (AvgIpc) is 2.85. The van der Waals surface area contributed by atoms with E-state index in [9.17, 15) is 9.59 Å². The van der Waals surface area contributed by atoms with E-state index in [2.05, 4.69) is 0 Å². The molecule has 3 fully saturated rings. The molecule has 2 atom stereocenters. The minimum Gasteiger partial charge on any atom is -0.391 e. The highest BCUT2D eigenvalue weighted by Crippen LogP contribution is 2.39. The molecule has 2 bridgehead atoms. The Bertz CT molecular complexity index is 450. The number of fused-ring (bicyclic) bond motifs is 2. The van der Waals surface area contributed by atoms with Crippen LogP contribution in [-0.4, -0.2) is 39.4 Å². The molecule has 2 saturated heterocycles. The molecule has 2 unspecified atom stereocenters. The lowest BCUT2D eigenvalue weighted by Gasteiger charge is -2.46. The number of hydrogen-bond donors (Lipinski definition) is 1. The zero-order valence-corrected chi connectivity index (χ0v) is 13.0. The van der Waals surface area contributed by atoms with Crippen molar-refractivity contribution < 1.29 is 14.3 Å². The molecule has 21 heavy (non-hydrogen) atoms. The third-order valence-corrected chi connectivity index (χ3v) is 5.46. The highest BCUT2D eigenvalue weighted by molar-refractivity contribution is 7.80. The van der Waals surface area contributed by atoms with Crippen LogP contribution in [0.4, 0.5) is 0 Å². The van der Waals surface area contributed by atoms with Crippen LogP contribution in [0.3, 0.4) is 0 Å². The molecule has 116 valence electrons. The van der Waals surface area contributed by atoms with Crippen LogP contribution in [0.15, 0.2) is 0 Å². The first-order valence-corrected chi connectivity index (χ1v) is 8.30. The average molecular weight is 310 g/mol. The van der Waals surface area contributed by atoms with Crippen molar-refractivity contribution in [3.05, 3.63) is 0 Å². The van der Waals surface area contributed by atoms with Gasteiger partial charge in [0.05, 0.1) is 4.99 Å². The molecule has 0 radical (unpaired) electrons. The molecule has 1 aliphatic carbocycles. The van der Waals surface area contributed by atoms with E-state index in [0.717, 1.165) is 25.7 Å². The monoisotopic (exact) mass is 310 g/mol. The predicted octanol–water partition coefficient (Wildman–Crippen LogP) is 1.67. The SMILES string of the molecule is NC(=S)C1(N2C(=O)C3CCC(O3)C2=O)CCCCCCC1. The quantitative estimate of drug-likeness (QED) is 0.620. The highest BCUT2D eigenvalue weighted by Gasteiger charge is 2.55. The van der Waals surface area contributed by atoms with Gasteiger partial charge in [-0.1, -0.05) is 44.3 Å². The van der Waals surface area contributed by atoms with Crippen LogP contribution in [0.25, 0.3) is 0 Å². The first-order valence-electron chi connectivity index (χ1n) is 7.89. The van der Waals surface area contributed by atoms with Crippen LogP contribution in [0.2, 0.25) is 0 Å². The maximum Gasteiger partial charge on any atom is 0.259 e. The second-order valence-electron chi connectivity index (χ2n) is 6.37. The van der Waals surface area contributed by atoms with Gasteiger partial charge in [0.2, 0.25) is 0 Å². The number of carbonyl (C=O) groups excluding carboxylic acids is 2. The van der Waals surface area contributed by atoms with Crippen LogP contribution in [0.1, 0.15) is 57.8 Å². The standard InChI is InChI=1S/C15H22N2O3S/c16-14(21)15(8-4-2-1-3-5-9-15)17-12(18)10-6-7-11(20-10)13(17)19/h10-11H,1-9H2,(H2,16,21). The van der Waals surface area contributed by atoms with Crippen LogP contribution in [-0.2, 0) is 14.3 Å². The van der Waals surface area contributed by atoms with Crippen LogP contribution in [0, 0.1) is 0 Å². The number of carbonyl (C=O) groups is 2. The number of ether oxygens (including phenoxy) is 1. The highest BCUT2D eigenvalue weighted by atomic mass is 32.1. The second kappa shape index (κ2) is 5.65. The summed E-state index contributed by atoms with van der Waals surface area (Å²) in [5, 5.41) is 0. The number of imide groups is 1. The van der Waals surface area contributed by atoms with E-state index in [0.29, 0.717) is 25.7 Å². The number of hydrogen-bond acceptors (Lipinski definition) is 4. The van der Waals surface area contributed by atoms with E-state index in [4.69, 9.17) is 22.7 Å². The minimum absolute atomic E-state index is 0.234. The first kappa shape index (κ1) is 14.9. The van der Waals surface area contributed by atoms with E-state index >= 15 is 0 Å². The molecule has 2 amide bonds. The fraction of sp³-hybridized carbons (Fsp3) is 0.800. The molecule has 0 aromatic rings. The molecule has 2 N–H and O–H groups in total. The number of nitrogens with zero attached hydrogens (tertiary/aromatic N) is 1. The van der Waals surface area contributed by atoms with E-state index < -0.39 is 17.7 Å².